The predicted molar refractivity (Wildman–Crippen MR) is 67.6 cm³/mol. The fraction of sp³-hybridized carbons (Fsp3) is 0.917. The molecule has 6 nitrogen and oxygen atoms in total. The molecule has 0 aromatic rings. The number of rotatable bonds is 13. The molecular weight excluding hydrogens is 238 g/mol. The molecule has 0 bridgehead atoms. The molecule has 0 aromatic heterocycles. The van der Waals surface area contributed by atoms with Gasteiger partial charge < -0.3 is 24.3 Å². The molecule has 0 saturated carbocycles. The van der Waals surface area contributed by atoms with Gasteiger partial charge in [-0.1, -0.05) is 0 Å². The lowest BCUT2D eigenvalue weighted by molar-refractivity contribution is -0.121. The first-order chi connectivity index (χ1) is 8.81. The van der Waals surface area contributed by atoms with Crippen LogP contribution in [0.1, 0.15) is 12.8 Å². The van der Waals surface area contributed by atoms with Gasteiger partial charge in [0.15, 0.2) is 0 Å². The summed E-state index contributed by atoms with van der Waals surface area (Å²) < 4.78 is 20.2. The Hall–Kier alpha value is -0.690. The van der Waals surface area contributed by atoms with Crippen LogP contribution < -0.4 is 5.32 Å². The lowest BCUT2D eigenvalue weighted by Crippen LogP contribution is -2.27. The number of hydrogen-bond acceptors (Lipinski definition) is 5. The van der Waals surface area contributed by atoms with Gasteiger partial charge in [0.2, 0.25) is 5.91 Å². The smallest absolute Gasteiger partial charge is 0.220 e. The molecule has 0 aliphatic carbocycles. The predicted octanol–water partition coefficient (Wildman–Crippen LogP) is 0.209. The van der Waals surface area contributed by atoms with Crippen LogP contribution in [0.15, 0.2) is 0 Å². The molecule has 0 atom stereocenters. The zero-order valence-electron chi connectivity index (χ0n) is 11.4. The van der Waals surface area contributed by atoms with E-state index >= 15 is 0 Å². The molecule has 0 aromatic carbocycles. The molecule has 0 radical (unpaired) electrons. The van der Waals surface area contributed by atoms with Gasteiger partial charge in [0.05, 0.1) is 33.0 Å². The quantitative estimate of drug-likeness (QED) is 0.481. The molecule has 1 N–H and O–H groups in total. The highest BCUT2D eigenvalue weighted by Gasteiger charge is 1.99. The minimum Gasteiger partial charge on any atom is -0.385 e. The van der Waals surface area contributed by atoms with Crippen LogP contribution in [0, 0.1) is 0 Å². The van der Waals surface area contributed by atoms with Crippen molar-refractivity contribution in [2.75, 3.05) is 60.4 Å². The van der Waals surface area contributed by atoms with Crippen LogP contribution in [-0.2, 0) is 23.7 Å². The number of carbonyl (C=O) groups is 1. The molecule has 18 heavy (non-hydrogen) atoms. The molecule has 0 heterocycles. The molecule has 0 rings (SSSR count). The van der Waals surface area contributed by atoms with Crippen LogP contribution in [0.25, 0.3) is 0 Å². The van der Waals surface area contributed by atoms with E-state index in [1.807, 2.05) is 0 Å². The zero-order chi connectivity index (χ0) is 13.5. The number of hydrogen-bond donors (Lipinski definition) is 1. The van der Waals surface area contributed by atoms with E-state index in [0.717, 1.165) is 6.42 Å². The summed E-state index contributed by atoms with van der Waals surface area (Å²) in [6.07, 6.45) is 1.24. The fourth-order valence-corrected chi connectivity index (χ4v) is 1.19. The second kappa shape index (κ2) is 14.4. The van der Waals surface area contributed by atoms with Crippen LogP contribution in [0.2, 0.25) is 0 Å². The zero-order valence-corrected chi connectivity index (χ0v) is 11.4. The summed E-state index contributed by atoms with van der Waals surface area (Å²) in [7, 11) is 3.26. The highest BCUT2D eigenvalue weighted by atomic mass is 16.5. The third-order valence-corrected chi connectivity index (χ3v) is 2.12. The van der Waals surface area contributed by atoms with E-state index in [-0.39, 0.29) is 5.91 Å². The minimum atomic E-state index is 0.0343. The molecule has 1 amide bonds. The largest absolute Gasteiger partial charge is 0.385 e. The van der Waals surface area contributed by atoms with Crippen molar-refractivity contribution in [3.8, 4) is 0 Å². The van der Waals surface area contributed by atoms with Crippen molar-refractivity contribution in [1.82, 2.24) is 5.32 Å². The van der Waals surface area contributed by atoms with Gasteiger partial charge in [-0.3, -0.25) is 4.79 Å². The summed E-state index contributed by atoms with van der Waals surface area (Å²) in [5.74, 6) is 0.0343. The maximum Gasteiger partial charge on any atom is 0.220 e. The molecule has 108 valence electrons. The van der Waals surface area contributed by atoms with Crippen molar-refractivity contribution in [3.05, 3.63) is 0 Å². The number of nitrogens with one attached hydrogen (secondary N) is 1. The van der Waals surface area contributed by atoms with Gasteiger partial charge in [0.25, 0.3) is 0 Å². The van der Waals surface area contributed by atoms with E-state index in [2.05, 4.69) is 5.32 Å². The van der Waals surface area contributed by atoms with Gasteiger partial charge in [0.1, 0.15) is 0 Å². The van der Waals surface area contributed by atoms with Crippen molar-refractivity contribution < 1.29 is 23.7 Å². The van der Waals surface area contributed by atoms with Crippen LogP contribution in [0.5, 0.6) is 0 Å². The molecular formula is C12H25NO5. The Morgan fingerprint density at radius 2 is 1.50 bits per heavy atom. The third kappa shape index (κ3) is 13.4. The van der Waals surface area contributed by atoms with Crippen LogP contribution in [-0.4, -0.2) is 66.3 Å². The SMILES string of the molecule is COCCCC(=O)NCCOCCOCCOC. The minimum absolute atomic E-state index is 0.0343. The van der Waals surface area contributed by atoms with Crippen molar-refractivity contribution in [1.29, 1.82) is 0 Å². The standard InChI is InChI=1S/C12H25NO5/c1-15-6-3-4-12(14)13-5-7-17-10-11-18-9-8-16-2/h3-11H2,1-2H3,(H,13,14). The summed E-state index contributed by atoms with van der Waals surface area (Å²) in [6, 6.07) is 0. The summed E-state index contributed by atoms with van der Waals surface area (Å²) >= 11 is 0. The number of carbonyl (C=O) groups excluding carboxylic acids is 1. The van der Waals surface area contributed by atoms with E-state index in [4.69, 9.17) is 18.9 Å². The monoisotopic (exact) mass is 263 g/mol. The topological polar surface area (TPSA) is 66.0 Å². The Labute approximate surface area is 109 Å². The van der Waals surface area contributed by atoms with E-state index < -0.39 is 0 Å². The second-order valence-electron chi connectivity index (χ2n) is 3.66. The average Bonchev–Trinajstić information content (AvgIpc) is 2.37. The fourth-order valence-electron chi connectivity index (χ4n) is 1.19. The highest BCUT2D eigenvalue weighted by molar-refractivity contribution is 5.75. The lowest BCUT2D eigenvalue weighted by Gasteiger charge is -2.07. The average molecular weight is 263 g/mol. The van der Waals surface area contributed by atoms with Crippen molar-refractivity contribution in [2.45, 2.75) is 12.8 Å². The molecule has 0 fully saturated rings. The van der Waals surface area contributed by atoms with E-state index in [9.17, 15) is 4.79 Å². The van der Waals surface area contributed by atoms with Gasteiger partial charge in [-0.15, -0.1) is 0 Å². The summed E-state index contributed by atoms with van der Waals surface area (Å²) in [6.45, 7) is 3.90. The first-order valence-corrected chi connectivity index (χ1v) is 6.21. The van der Waals surface area contributed by atoms with Gasteiger partial charge >= 0.3 is 0 Å². The lowest BCUT2D eigenvalue weighted by atomic mass is 10.3. The summed E-state index contributed by atoms with van der Waals surface area (Å²) in [4.78, 5) is 11.3. The number of ether oxygens (including phenoxy) is 4. The molecule has 0 aliphatic heterocycles. The van der Waals surface area contributed by atoms with Gasteiger partial charge in [0, 0.05) is 33.8 Å². The number of amides is 1. The summed E-state index contributed by atoms with van der Waals surface area (Å²) in [5.41, 5.74) is 0. The molecule has 6 heteroatoms. The summed E-state index contributed by atoms with van der Waals surface area (Å²) in [5, 5.41) is 2.77. The van der Waals surface area contributed by atoms with E-state index in [1.165, 1.54) is 0 Å². The number of methoxy groups -OCH3 is 2. The van der Waals surface area contributed by atoms with Crippen molar-refractivity contribution in [3.63, 3.8) is 0 Å². The van der Waals surface area contributed by atoms with E-state index in [1.54, 1.807) is 14.2 Å². The Morgan fingerprint density at radius 3 is 2.17 bits per heavy atom. The normalized spacial score (nSPS) is 10.6. The molecule has 0 spiro atoms. The second-order valence-corrected chi connectivity index (χ2v) is 3.66. The van der Waals surface area contributed by atoms with Gasteiger partial charge in [-0.2, -0.15) is 0 Å². The Balaban J connectivity index is 3.08. The first kappa shape index (κ1) is 17.3. The Kier molecular flexibility index (Phi) is 13.8. The maximum atomic E-state index is 11.3. The van der Waals surface area contributed by atoms with Crippen molar-refractivity contribution in [2.24, 2.45) is 0 Å². The first-order valence-electron chi connectivity index (χ1n) is 6.21. The van der Waals surface area contributed by atoms with Crippen LogP contribution in [0.4, 0.5) is 0 Å². The molecule has 0 unspecified atom stereocenters. The molecule has 0 saturated heterocycles. The maximum absolute atomic E-state index is 11.3. The Bertz CT molecular complexity index is 189. The molecule has 0 aliphatic rings. The van der Waals surface area contributed by atoms with Crippen molar-refractivity contribution >= 4 is 5.91 Å². The third-order valence-electron chi connectivity index (χ3n) is 2.12. The van der Waals surface area contributed by atoms with Crippen LogP contribution >= 0.6 is 0 Å². The van der Waals surface area contributed by atoms with Crippen LogP contribution in [0.3, 0.4) is 0 Å². The Morgan fingerprint density at radius 1 is 0.889 bits per heavy atom. The highest BCUT2D eigenvalue weighted by Crippen LogP contribution is 1.88. The van der Waals surface area contributed by atoms with E-state index in [0.29, 0.717) is 52.6 Å². The van der Waals surface area contributed by atoms with Gasteiger partial charge in [-0.25, -0.2) is 0 Å². The van der Waals surface area contributed by atoms with Gasteiger partial charge in [-0.05, 0) is 6.42 Å².